The van der Waals surface area contributed by atoms with Gasteiger partial charge < -0.3 is 19.9 Å². The third-order valence-electron chi connectivity index (χ3n) is 6.52. The number of Topliss-reactive ketones (excluding diaryl/α,β-unsaturated/α-hetero) is 1. The van der Waals surface area contributed by atoms with Gasteiger partial charge >= 0.3 is 5.97 Å². The molecule has 0 aromatic heterocycles. The number of hydrogen-bond acceptors (Lipinski definition) is 6. The summed E-state index contributed by atoms with van der Waals surface area (Å²) in [4.78, 5) is 25.6. The Morgan fingerprint density at radius 1 is 1.13 bits per heavy atom. The molecule has 38 heavy (non-hydrogen) atoms. The molecule has 1 aliphatic heterocycles. The van der Waals surface area contributed by atoms with Crippen LogP contribution < -0.4 is 10.1 Å². The van der Waals surface area contributed by atoms with Gasteiger partial charge in [0.05, 0.1) is 12.7 Å². The number of rotatable bonds is 7. The number of aromatic hydroxyl groups is 1. The highest BCUT2D eigenvalue weighted by Crippen LogP contribution is 2.41. The van der Waals surface area contributed by atoms with Gasteiger partial charge in [-0.3, -0.25) is 4.79 Å². The minimum atomic E-state index is -0.428. The molecule has 0 saturated heterocycles. The molecule has 0 amide bonds. The lowest BCUT2D eigenvalue weighted by atomic mass is 9.78. The number of para-hydroxylation sites is 1. The fourth-order valence-corrected chi connectivity index (χ4v) is 4.54. The molecule has 0 radical (unpaired) electrons. The molecule has 1 heterocycles. The minimum Gasteiger partial charge on any atom is -0.508 e. The maximum absolute atomic E-state index is 12.9. The Labute approximate surface area is 224 Å². The van der Waals surface area contributed by atoms with E-state index < -0.39 is 5.97 Å². The molecule has 198 valence electrons. The SMILES string of the molecule is C=C/C=C(\C=C)COC(=O)C1=C(C)NC2=C(C1)C(=O)C[C@H](c1ccccc1OC)C2.Cc1cccc(O)c1. The van der Waals surface area contributed by atoms with E-state index in [2.05, 4.69) is 18.5 Å². The third-order valence-corrected chi connectivity index (χ3v) is 6.52. The number of ether oxygens (including phenoxy) is 2. The van der Waals surface area contributed by atoms with Crippen molar-refractivity contribution in [1.82, 2.24) is 5.32 Å². The molecule has 6 nitrogen and oxygen atoms in total. The van der Waals surface area contributed by atoms with Crippen LogP contribution in [0.25, 0.3) is 0 Å². The fourth-order valence-electron chi connectivity index (χ4n) is 4.54. The average molecular weight is 514 g/mol. The summed E-state index contributed by atoms with van der Waals surface area (Å²) in [5.74, 6) is 0.793. The molecule has 0 saturated carbocycles. The number of phenolic OH excluding ortho intramolecular Hbond substituents is 1. The smallest absolute Gasteiger partial charge is 0.336 e. The number of ketones is 1. The van der Waals surface area contributed by atoms with Crippen molar-refractivity contribution in [2.45, 2.75) is 39.0 Å². The van der Waals surface area contributed by atoms with Crippen molar-refractivity contribution in [2.75, 3.05) is 13.7 Å². The Morgan fingerprint density at radius 3 is 2.53 bits per heavy atom. The summed E-state index contributed by atoms with van der Waals surface area (Å²) in [5, 5.41) is 12.1. The lowest BCUT2D eigenvalue weighted by molar-refractivity contribution is -0.138. The summed E-state index contributed by atoms with van der Waals surface area (Å²) in [6.45, 7) is 11.2. The number of carbonyl (C=O) groups excluding carboxylic acids is 2. The summed E-state index contributed by atoms with van der Waals surface area (Å²) in [6.07, 6.45) is 6.36. The Kier molecular flexibility index (Phi) is 9.88. The second kappa shape index (κ2) is 13.3. The van der Waals surface area contributed by atoms with E-state index in [0.717, 1.165) is 33.8 Å². The van der Waals surface area contributed by atoms with E-state index in [9.17, 15) is 9.59 Å². The summed E-state index contributed by atoms with van der Waals surface area (Å²) in [6, 6.07) is 14.9. The second-order valence-corrected chi connectivity index (χ2v) is 9.23. The molecule has 0 fully saturated rings. The number of nitrogens with one attached hydrogen (secondary N) is 1. The van der Waals surface area contributed by atoms with Crippen LogP contribution in [0.2, 0.25) is 0 Å². The van der Waals surface area contributed by atoms with Crippen molar-refractivity contribution in [1.29, 1.82) is 0 Å². The van der Waals surface area contributed by atoms with Crippen LogP contribution in [0, 0.1) is 6.92 Å². The number of benzene rings is 2. The quantitative estimate of drug-likeness (QED) is 0.338. The first-order valence-electron chi connectivity index (χ1n) is 12.5. The number of dihydropyridines is 1. The van der Waals surface area contributed by atoms with Gasteiger partial charge in [-0.05, 0) is 55.2 Å². The summed E-state index contributed by atoms with van der Waals surface area (Å²) in [7, 11) is 1.64. The first kappa shape index (κ1) is 28.3. The zero-order valence-electron chi connectivity index (χ0n) is 22.3. The van der Waals surface area contributed by atoms with Crippen molar-refractivity contribution < 1.29 is 24.2 Å². The van der Waals surface area contributed by atoms with Gasteiger partial charge in [-0.2, -0.15) is 0 Å². The highest BCUT2D eigenvalue weighted by atomic mass is 16.5. The maximum Gasteiger partial charge on any atom is 0.336 e. The molecule has 0 spiro atoms. The largest absolute Gasteiger partial charge is 0.508 e. The number of esters is 1. The average Bonchev–Trinajstić information content (AvgIpc) is 2.90. The van der Waals surface area contributed by atoms with E-state index in [1.54, 1.807) is 37.5 Å². The number of hydrogen-bond donors (Lipinski definition) is 2. The number of carbonyl (C=O) groups is 2. The molecule has 2 aromatic carbocycles. The van der Waals surface area contributed by atoms with Crippen LogP contribution in [0.3, 0.4) is 0 Å². The molecule has 0 bridgehead atoms. The van der Waals surface area contributed by atoms with Gasteiger partial charge in [0.25, 0.3) is 0 Å². The molecule has 2 aliphatic rings. The second-order valence-electron chi connectivity index (χ2n) is 9.23. The topological polar surface area (TPSA) is 84.9 Å². The van der Waals surface area contributed by atoms with Crippen LogP contribution >= 0.6 is 0 Å². The van der Waals surface area contributed by atoms with Gasteiger partial charge in [-0.15, -0.1) is 0 Å². The van der Waals surface area contributed by atoms with Crippen molar-refractivity contribution in [2.24, 2.45) is 0 Å². The Morgan fingerprint density at radius 2 is 1.89 bits per heavy atom. The number of allylic oxidation sites excluding steroid dienone is 5. The van der Waals surface area contributed by atoms with E-state index in [0.29, 0.717) is 36.2 Å². The predicted octanol–water partition coefficient (Wildman–Crippen LogP) is 6.21. The van der Waals surface area contributed by atoms with Crippen LogP contribution in [0.4, 0.5) is 0 Å². The maximum atomic E-state index is 12.9. The Hall–Kier alpha value is -4.32. The highest BCUT2D eigenvalue weighted by molar-refractivity contribution is 6.01. The zero-order chi connectivity index (χ0) is 27.7. The first-order valence-corrected chi connectivity index (χ1v) is 12.5. The predicted molar refractivity (Wildman–Crippen MR) is 150 cm³/mol. The first-order chi connectivity index (χ1) is 18.3. The highest BCUT2D eigenvalue weighted by Gasteiger charge is 2.34. The van der Waals surface area contributed by atoms with Gasteiger partial charge in [-0.25, -0.2) is 4.79 Å². The van der Waals surface area contributed by atoms with Crippen LogP contribution in [0.15, 0.2) is 108 Å². The van der Waals surface area contributed by atoms with E-state index in [1.165, 1.54) is 0 Å². The van der Waals surface area contributed by atoms with Crippen molar-refractivity contribution in [3.8, 4) is 11.5 Å². The van der Waals surface area contributed by atoms with Gasteiger partial charge in [0.1, 0.15) is 18.1 Å². The van der Waals surface area contributed by atoms with Gasteiger partial charge in [0.15, 0.2) is 5.78 Å². The molecule has 4 rings (SSSR count). The van der Waals surface area contributed by atoms with Gasteiger partial charge in [0.2, 0.25) is 0 Å². The van der Waals surface area contributed by atoms with Gasteiger partial charge in [-0.1, -0.05) is 61.7 Å². The van der Waals surface area contributed by atoms with E-state index in [-0.39, 0.29) is 18.3 Å². The van der Waals surface area contributed by atoms with Crippen LogP contribution in [-0.4, -0.2) is 30.6 Å². The molecular weight excluding hydrogens is 478 g/mol. The van der Waals surface area contributed by atoms with Gasteiger partial charge in [0, 0.05) is 35.7 Å². The standard InChI is InChI=1S/C25H27NO4.C7H8O/c1-5-9-17(6-2)15-30-25(28)20-14-21-22(26-16(20)3)12-18(13-23(21)27)19-10-7-8-11-24(19)29-4;1-6-3-2-4-7(8)5-6/h5-11,18,26H,1-2,12-15H2,3-4H3;2-5,8H,1H3/b17-9+;/t18-;/m1./s1. The fraction of sp³-hybridized carbons (Fsp3) is 0.250. The minimum absolute atomic E-state index is 0.0420. The zero-order valence-corrected chi connectivity index (χ0v) is 22.3. The Balaban J connectivity index is 0.000000427. The van der Waals surface area contributed by atoms with Crippen molar-refractivity contribution in [3.63, 3.8) is 0 Å². The van der Waals surface area contributed by atoms with Crippen molar-refractivity contribution in [3.05, 3.63) is 119 Å². The Bertz CT molecular complexity index is 1300. The van der Waals surface area contributed by atoms with E-state index >= 15 is 0 Å². The van der Waals surface area contributed by atoms with E-state index in [4.69, 9.17) is 14.6 Å². The molecule has 1 atom stereocenters. The lowest BCUT2D eigenvalue weighted by Crippen LogP contribution is -2.31. The third kappa shape index (κ3) is 7.13. The number of aryl methyl sites for hydroxylation is 1. The molecule has 0 unspecified atom stereocenters. The van der Waals surface area contributed by atoms with Crippen LogP contribution in [0.1, 0.15) is 43.2 Å². The lowest BCUT2D eigenvalue weighted by Gasteiger charge is -2.32. The monoisotopic (exact) mass is 513 g/mol. The summed E-state index contributed by atoms with van der Waals surface area (Å²) < 4.78 is 10.9. The molecular formula is C32H35NO5. The molecule has 2 aromatic rings. The normalized spacial score (nSPS) is 17.0. The van der Waals surface area contributed by atoms with Crippen molar-refractivity contribution >= 4 is 11.8 Å². The molecule has 1 aliphatic carbocycles. The summed E-state index contributed by atoms with van der Waals surface area (Å²) >= 11 is 0. The molecule has 2 N–H and O–H groups in total. The number of phenols is 1. The van der Waals surface area contributed by atoms with E-state index in [1.807, 2.05) is 50.2 Å². The van der Waals surface area contributed by atoms with Crippen LogP contribution in [0.5, 0.6) is 11.5 Å². The number of methoxy groups -OCH3 is 1. The van der Waals surface area contributed by atoms with Crippen LogP contribution in [-0.2, 0) is 14.3 Å². The summed E-state index contributed by atoms with van der Waals surface area (Å²) in [5.41, 5.74) is 5.64. The molecule has 6 heteroatoms.